The van der Waals surface area contributed by atoms with Gasteiger partial charge >= 0.3 is 0 Å². The van der Waals surface area contributed by atoms with Gasteiger partial charge in [0.05, 0.1) is 0 Å². The van der Waals surface area contributed by atoms with Crippen molar-refractivity contribution in [1.82, 2.24) is 5.32 Å². The molecule has 3 rings (SSSR count). The molecule has 4 heteroatoms. The number of hydrogen-bond acceptors (Lipinski definition) is 2. The van der Waals surface area contributed by atoms with Crippen molar-refractivity contribution < 1.29 is 9.18 Å². The highest BCUT2D eigenvalue weighted by Gasteiger charge is 2.13. The van der Waals surface area contributed by atoms with Crippen LogP contribution in [-0.4, -0.2) is 18.5 Å². The van der Waals surface area contributed by atoms with Gasteiger partial charge in [0.15, 0.2) is 0 Å². The Morgan fingerprint density at radius 1 is 1.18 bits per heavy atom. The van der Waals surface area contributed by atoms with Crippen molar-refractivity contribution in [3.63, 3.8) is 0 Å². The van der Waals surface area contributed by atoms with Gasteiger partial charge in [-0.05, 0) is 36.8 Å². The topological polar surface area (TPSA) is 41.1 Å². The predicted molar refractivity (Wildman–Crippen MR) is 86.2 cm³/mol. The van der Waals surface area contributed by atoms with E-state index in [-0.39, 0.29) is 17.8 Å². The minimum Gasteiger partial charge on any atom is -0.378 e. The first-order chi connectivity index (χ1) is 10.7. The van der Waals surface area contributed by atoms with E-state index >= 15 is 0 Å². The molecular weight excluding hydrogens is 279 g/mol. The highest BCUT2D eigenvalue weighted by atomic mass is 19.1. The zero-order chi connectivity index (χ0) is 15.4. The molecule has 0 aromatic heterocycles. The monoisotopic (exact) mass is 296 g/mol. The fourth-order valence-corrected chi connectivity index (χ4v) is 2.47. The zero-order valence-corrected chi connectivity index (χ0v) is 12.1. The molecule has 0 fully saturated rings. The average molecular weight is 296 g/mol. The van der Waals surface area contributed by atoms with Gasteiger partial charge in [-0.3, -0.25) is 4.79 Å². The third-order valence-corrected chi connectivity index (χ3v) is 3.64. The van der Waals surface area contributed by atoms with E-state index in [0.717, 1.165) is 17.7 Å². The fourth-order valence-electron chi connectivity index (χ4n) is 2.47. The number of halogens is 1. The Hall–Kier alpha value is -2.62. The summed E-state index contributed by atoms with van der Waals surface area (Å²) in [5.74, 6) is -0.304. The summed E-state index contributed by atoms with van der Waals surface area (Å²) in [7, 11) is 0. The molecule has 1 heterocycles. The summed E-state index contributed by atoms with van der Waals surface area (Å²) in [5.41, 5.74) is 2.43. The van der Waals surface area contributed by atoms with Crippen LogP contribution in [0, 0.1) is 5.82 Å². The molecule has 0 radical (unpaired) electrons. The van der Waals surface area contributed by atoms with Crippen molar-refractivity contribution in [2.75, 3.05) is 11.9 Å². The van der Waals surface area contributed by atoms with Crippen LogP contribution in [0.4, 0.5) is 10.1 Å². The fraction of sp³-hybridized carbons (Fsp3) is 0.167. The van der Waals surface area contributed by atoms with Crippen LogP contribution in [-0.2, 0) is 0 Å². The van der Waals surface area contributed by atoms with Crippen molar-refractivity contribution in [2.45, 2.75) is 12.5 Å². The Morgan fingerprint density at radius 2 is 2.00 bits per heavy atom. The van der Waals surface area contributed by atoms with E-state index in [1.165, 1.54) is 12.1 Å². The van der Waals surface area contributed by atoms with Gasteiger partial charge in [0.25, 0.3) is 5.91 Å². The van der Waals surface area contributed by atoms with Crippen LogP contribution < -0.4 is 10.6 Å². The summed E-state index contributed by atoms with van der Waals surface area (Å²) in [5, 5.41) is 6.24. The van der Waals surface area contributed by atoms with Gasteiger partial charge in [-0.1, -0.05) is 30.4 Å². The van der Waals surface area contributed by atoms with Crippen LogP contribution in [0.25, 0.3) is 6.08 Å². The van der Waals surface area contributed by atoms with E-state index in [9.17, 15) is 9.18 Å². The van der Waals surface area contributed by atoms with E-state index in [0.29, 0.717) is 12.1 Å². The molecule has 1 aliphatic rings. The lowest BCUT2D eigenvalue weighted by molar-refractivity contribution is 0.0953. The smallest absolute Gasteiger partial charge is 0.251 e. The molecular formula is C18H17FN2O. The van der Waals surface area contributed by atoms with Gasteiger partial charge in [-0.2, -0.15) is 0 Å². The molecule has 2 N–H and O–H groups in total. The summed E-state index contributed by atoms with van der Waals surface area (Å²) in [6.45, 7) is 0.576. The van der Waals surface area contributed by atoms with Crippen molar-refractivity contribution >= 4 is 17.7 Å². The molecule has 1 amide bonds. The standard InChI is InChI=1S/C18H17FN2O/c19-15-7-9-17-14(12-15)6-8-16(21-17)10-11-20-18(22)13-4-2-1-3-5-13/h1-9,12,16,21H,10-11H2,(H,20,22). The number of hydrogen-bond donors (Lipinski definition) is 2. The molecule has 22 heavy (non-hydrogen) atoms. The largest absolute Gasteiger partial charge is 0.378 e. The SMILES string of the molecule is O=C(NCCC1C=Cc2cc(F)ccc2N1)c1ccccc1. The van der Waals surface area contributed by atoms with Crippen molar-refractivity contribution in [3.8, 4) is 0 Å². The van der Waals surface area contributed by atoms with Gasteiger partial charge in [0, 0.05) is 29.4 Å². The minimum absolute atomic E-state index is 0.0668. The molecule has 0 saturated heterocycles. The number of anilines is 1. The quantitative estimate of drug-likeness (QED) is 0.907. The van der Waals surface area contributed by atoms with Gasteiger partial charge in [0.2, 0.25) is 0 Å². The van der Waals surface area contributed by atoms with Crippen LogP contribution in [0.5, 0.6) is 0 Å². The molecule has 1 atom stereocenters. The first kappa shape index (κ1) is 14.3. The summed E-state index contributed by atoms with van der Waals surface area (Å²) in [4.78, 5) is 11.9. The molecule has 2 aromatic carbocycles. The number of benzene rings is 2. The van der Waals surface area contributed by atoms with Gasteiger partial charge in [-0.25, -0.2) is 4.39 Å². The Morgan fingerprint density at radius 3 is 2.82 bits per heavy atom. The summed E-state index contributed by atoms with van der Waals surface area (Å²) in [6, 6.07) is 14.0. The molecule has 0 spiro atoms. The van der Waals surface area contributed by atoms with Crippen molar-refractivity contribution in [3.05, 3.63) is 71.6 Å². The molecule has 1 unspecified atom stereocenters. The van der Waals surface area contributed by atoms with Crippen LogP contribution in [0.15, 0.2) is 54.6 Å². The molecule has 0 bridgehead atoms. The van der Waals surface area contributed by atoms with Gasteiger partial charge in [0.1, 0.15) is 5.82 Å². The Labute approximate surface area is 128 Å². The van der Waals surface area contributed by atoms with Gasteiger partial charge < -0.3 is 10.6 Å². The maximum absolute atomic E-state index is 13.1. The lowest BCUT2D eigenvalue weighted by Gasteiger charge is -2.22. The Balaban J connectivity index is 1.52. The number of nitrogens with one attached hydrogen (secondary N) is 2. The Bertz CT molecular complexity index is 697. The third kappa shape index (κ3) is 3.34. The number of amides is 1. The number of fused-ring (bicyclic) bond motifs is 1. The summed E-state index contributed by atoms with van der Waals surface area (Å²) >= 11 is 0. The van der Waals surface area contributed by atoms with E-state index in [2.05, 4.69) is 10.6 Å². The second kappa shape index (κ2) is 6.43. The van der Waals surface area contributed by atoms with E-state index in [1.54, 1.807) is 18.2 Å². The highest BCUT2D eigenvalue weighted by Crippen LogP contribution is 2.24. The first-order valence-electron chi connectivity index (χ1n) is 7.30. The molecule has 112 valence electrons. The zero-order valence-electron chi connectivity index (χ0n) is 12.1. The maximum atomic E-state index is 13.1. The van der Waals surface area contributed by atoms with Crippen LogP contribution in [0.2, 0.25) is 0 Å². The minimum atomic E-state index is -0.237. The number of carbonyl (C=O) groups excluding carboxylic acids is 1. The van der Waals surface area contributed by atoms with Crippen molar-refractivity contribution in [2.24, 2.45) is 0 Å². The number of carbonyl (C=O) groups is 1. The predicted octanol–water partition coefficient (Wildman–Crippen LogP) is 3.45. The van der Waals surface area contributed by atoms with Crippen LogP contribution in [0.3, 0.4) is 0 Å². The Kier molecular flexibility index (Phi) is 4.19. The molecule has 1 aliphatic heterocycles. The van der Waals surface area contributed by atoms with E-state index in [4.69, 9.17) is 0 Å². The number of rotatable bonds is 4. The third-order valence-electron chi connectivity index (χ3n) is 3.64. The molecule has 0 saturated carbocycles. The maximum Gasteiger partial charge on any atom is 0.251 e. The van der Waals surface area contributed by atoms with E-state index < -0.39 is 0 Å². The summed E-state index contributed by atoms with van der Waals surface area (Å²) < 4.78 is 13.1. The summed E-state index contributed by atoms with van der Waals surface area (Å²) in [6.07, 6.45) is 4.68. The second-order valence-electron chi connectivity index (χ2n) is 5.25. The first-order valence-corrected chi connectivity index (χ1v) is 7.30. The van der Waals surface area contributed by atoms with Crippen molar-refractivity contribution in [1.29, 1.82) is 0 Å². The molecule has 2 aromatic rings. The van der Waals surface area contributed by atoms with Crippen LogP contribution in [0.1, 0.15) is 22.3 Å². The second-order valence-corrected chi connectivity index (χ2v) is 5.25. The normalized spacial score (nSPS) is 15.8. The van der Waals surface area contributed by atoms with Crippen LogP contribution >= 0.6 is 0 Å². The van der Waals surface area contributed by atoms with Gasteiger partial charge in [-0.15, -0.1) is 0 Å². The lowest BCUT2D eigenvalue weighted by atomic mass is 10.0. The molecule has 0 aliphatic carbocycles. The van der Waals surface area contributed by atoms with E-state index in [1.807, 2.05) is 30.4 Å². The lowest BCUT2D eigenvalue weighted by Crippen LogP contribution is -2.30. The average Bonchev–Trinajstić information content (AvgIpc) is 2.55. The highest BCUT2D eigenvalue weighted by molar-refractivity contribution is 5.94. The molecule has 3 nitrogen and oxygen atoms in total.